The number of carbonyl (C=O) groups excluding carboxylic acids is 1. The van der Waals surface area contributed by atoms with E-state index in [1.807, 2.05) is 60.9 Å². The van der Waals surface area contributed by atoms with E-state index in [4.69, 9.17) is 4.98 Å². The molecule has 0 radical (unpaired) electrons. The molecule has 4 heteroatoms. The molecule has 4 nitrogen and oxygen atoms in total. The number of fused-ring (bicyclic) bond motifs is 1. The molecule has 0 atom stereocenters. The van der Waals surface area contributed by atoms with Crippen LogP contribution in [0, 0.1) is 13.8 Å². The third kappa shape index (κ3) is 4.24. The molecule has 4 aromatic rings. The molecule has 0 fully saturated rings. The molecule has 3 aromatic carbocycles. The van der Waals surface area contributed by atoms with E-state index in [-0.39, 0.29) is 17.9 Å². The van der Waals surface area contributed by atoms with Gasteiger partial charge in [0.15, 0.2) is 0 Å². The highest BCUT2D eigenvalue weighted by molar-refractivity contribution is 5.93. The van der Waals surface area contributed by atoms with Gasteiger partial charge in [0.25, 0.3) is 0 Å². The van der Waals surface area contributed by atoms with E-state index in [1.165, 1.54) is 5.56 Å². The van der Waals surface area contributed by atoms with Crippen molar-refractivity contribution in [1.29, 1.82) is 0 Å². The highest BCUT2D eigenvalue weighted by Gasteiger charge is 2.18. The Balaban J connectivity index is 1.70. The summed E-state index contributed by atoms with van der Waals surface area (Å²) in [6.45, 7) is 10.9. The van der Waals surface area contributed by atoms with Crippen molar-refractivity contribution in [2.75, 3.05) is 5.32 Å². The van der Waals surface area contributed by atoms with Gasteiger partial charge in [0.1, 0.15) is 12.4 Å². The number of hydrogen-bond acceptors (Lipinski definition) is 2. The molecule has 0 spiro atoms. The average Bonchev–Trinajstić information content (AvgIpc) is 3.09. The number of hydrogen-bond donors (Lipinski definition) is 1. The van der Waals surface area contributed by atoms with E-state index in [9.17, 15) is 4.79 Å². The maximum atomic E-state index is 13.0. The molecule has 4 rings (SSSR count). The second-order valence-electron chi connectivity index (χ2n) is 9.13. The van der Waals surface area contributed by atoms with Crippen LogP contribution in [0.2, 0.25) is 0 Å². The molecular weight excluding hydrogens is 382 g/mol. The summed E-state index contributed by atoms with van der Waals surface area (Å²) in [4.78, 5) is 17.8. The maximum absolute atomic E-state index is 13.0. The maximum Gasteiger partial charge on any atom is 0.244 e. The van der Waals surface area contributed by atoms with E-state index >= 15 is 0 Å². The Morgan fingerprint density at radius 2 is 1.65 bits per heavy atom. The van der Waals surface area contributed by atoms with E-state index < -0.39 is 0 Å². The van der Waals surface area contributed by atoms with E-state index in [0.29, 0.717) is 0 Å². The molecule has 1 heterocycles. The summed E-state index contributed by atoms with van der Waals surface area (Å²) in [6, 6.07) is 22.4. The molecule has 0 aliphatic rings. The first kappa shape index (κ1) is 20.9. The molecular formula is C27H29N3O. The lowest BCUT2D eigenvalue weighted by atomic mass is 9.87. The molecule has 1 amide bonds. The van der Waals surface area contributed by atoms with Gasteiger partial charge in [-0.2, -0.15) is 0 Å². The monoisotopic (exact) mass is 411 g/mol. The van der Waals surface area contributed by atoms with Crippen molar-refractivity contribution in [3.8, 4) is 11.4 Å². The first-order valence-corrected chi connectivity index (χ1v) is 10.7. The van der Waals surface area contributed by atoms with Crippen LogP contribution in [0.15, 0.2) is 66.7 Å². The molecule has 0 aliphatic heterocycles. The lowest BCUT2D eigenvalue weighted by Crippen LogP contribution is -2.20. The van der Waals surface area contributed by atoms with Crippen LogP contribution in [0.3, 0.4) is 0 Å². The van der Waals surface area contributed by atoms with Crippen LogP contribution < -0.4 is 5.32 Å². The van der Waals surface area contributed by atoms with Gasteiger partial charge in [0.2, 0.25) is 5.91 Å². The van der Waals surface area contributed by atoms with Gasteiger partial charge in [-0.25, -0.2) is 4.98 Å². The van der Waals surface area contributed by atoms with Crippen molar-refractivity contribution < 1.29 is 4.79 Å². The Morgan fingerprint density at radius 1 is 0.935 bits per heavy atom. The van der Waals surface area contributed by atoms with Crippen LogP contribution in [0.5, 0.6) is 0 Å². The van der Waals surface area contributed by atoms with E-state index in [0.717, 1.165) is 39.2 Å². The third-order valence-electron chi connectivity index (χ3n) is 5.84. The predicted molar refractivity (Wildman–Crippen MR) is 128 cm³/mol. The topological polar surface area (TPSA) is 46.9 Å². The van der Waals surface area contributed by atoms with Gasteiger partial charge >= 0.3 is 0 Å². The Hall–Kier alpha value is -3.40. The summed E-state index contributed by atoms with van der Waals surface area (Å²) in [5.41, 5.74) is 7.30. The average molecular weight is 412 g/mol. The van der Waals surface area contributed by atoms with E-state index in [2.05, 4.69) is 50.4 Å². The fourth-order valence-electron chi connectivity index (χ4n) is 3.80. The molecule has 1 N–H and O–H groups in total. The zero-order chi connectivity index (χ0) is 22.2. The zero-order valence-corrected chi connectivity index (χ0v) is 18.9. The number of rotatable bonds is 4. The van der Waals surface area contributed by atoms with Crippen molar-refractivity contribution >= 4 is 22.6 Å². The number of aromatic nitrogens is 2. The minimum atomic E-state index is -0.0654. The van der Waals surface area contributed by atoms with Gasteiger partial charge in [-0.15, -0.1) is 0 Å². The SMILES string of the molecule is Cc1cccc(NC(=O)Cn2c(-c3ccc(C(C)(C)C)cc3)nc3ccccc32)c1C. The number of imidazole rings is 1. The zero-order valence-electron chi connectivity index (χ0n) is 18.9. The number of nitrogens with zero attached hydrogens (tertiary/aromatic N) is 2. The summed E-state index contributed by atoms with van der Waals surface area (Å²) in [5.74, 6) is 0.738. The summed E-state index contributed by atoms with van der Waals surface area (Å²) in [5, 5.41) is 3.07. The summed E-state index contributed by atoms with van der Waals surface area (Å²) in [6.07, 6.45) is 0. The first-order valence-electron chi connectivity index (χ1n) is 10.7. The summed E-state index contributed by atoms with van der Waals surface area (Å²) < 4.78 is 2.00. The number of anilines is 1. The fraction of sp³-hybridized carbons (Fsp3) is 0.259. The minimum absolute atomic E-state index is 0.0654. The number of nitrogens with one attached hydrogen (secondary N) is 1. The summed E-state index contributed by atoms with van der Waals surface area (Å²) in [7, 11) is 0. The smallest absolute Gasteiger partial charge is 0.244 e. The molecule has 158 valence electrons. The van der Waals surface area contributed by atoms with E-state index in [1.54, 1.807) is 0 Å². The molecule has 0 unspecified atom stereocenters. The van der Waals surface area contributed by atoms with Crippen LogP contribution in [0.25, 0.3) is 22.4 Å². The highest BCUT2D eigenvalue weighted by atomic mass is 16.1. The standard InChI is InChI=1S/C27H29N3O/c1-18-9-8-11-22(19(18)2)28-25(31)17-30-24-12-7-6-10-23(24)29-26(30)20-13-15-21(16-14-20)27(3,4)5/h6-16H,17H2,1-5H3,(H,28,31). The quantitative estimate of drug-likeness (QED) is 0.431. The minimum Gasteiger partial charge on any atom is -0.324 e. The molecule has 31 heavy (non-hydrogen) atoms. The van der Waals surface area contributed by atoms with Crippen LogP contribution >= 0.6 is 0 Å². The van der Waals surface area contributed by atoms with Gasteiger partial charge in [-0.1, -0.05) is 69.3 Å². The number of amides is 1. The van der Waals surface area contributed by atoms with Gasteiger partial charge in [0, 0.05) is 11.3 Å². The Labute approximate surface area is 183 Å². The molecule has 0 bridgehead atoms. The van der Waals surface area contributed by atoms with Crippen LogP contribution in [0.4, 0.5) is 5.69 Å². The van der Waals surface area contributed by atoms with Gasteiger partial charge in [0.05, 0.1) is 11.0 Å². The Kier molecular flexibility index (Phi) is 5.40. The van der Waals surface area contributed by atoms with Crippen LogP contribution in [-0.2, 0) is 16.8 Å². The number of aryl methyl sites for hydroxylation is 1. The highest BCUT2D eigenvalue weighted by Crippen LogP contribution is 2.28. The predicted octanol–water partition coefficient (Wildman–Crippen LogP) is 6.26. The van der Waals surface area contributed by atoms with Crippen LogP contribution in [-0.4, -0.2) is 15.5 Å². The van der Waals surface area contributed by atoms with Gasteiger partial charge in [-0.3, -0.25) is 4.79 Å². The van der Waals surface area contributed by atoms with Gasteiger partial charge < -0.3 is 9.88 Å². The Bertz CT molecular complexity index is 1240. The molecule has 0 saturated heterocycles. The van der Waals surface area contributed by atoms with Crippen molar-refractivity contribution in [1.82, 2.24) is 9.55 Å². The number of benzene rings is 3. The largest absolute Gasteiger partial charge is 0.324 e. The fourth-order valence-corrected chi connectivity index (χ4v) is 3.80. The molecule has 1 aromatic heterocycles. The number of para-hydroxylation sites is 2. The lowest BCUT2D eigenvalue weighted by molar-refractivity contribution is -0.116. The van der Waals surface area contributed by atoms with Crippen molar-refractivity contribution in [3.05, 3.63) is 83.4 Å². The second kappa shape index (κ2) is 8.03. The van der Waals surface area contributed by atoms with Crippen LogP contribution in [0.1, 0.15) is 37.5 Å². The Morgan fingerprint density at radius 3 is 2.35 bits per heavy atom. The van der Waals surface area contributed by atoms with Gasteiger partial charge in [-0.05, 0) is 54.2 Å². The van der Waals surface area contributed by atoms with Crippen molar-refractivity contribution in [3.63, 3.8) is 0 Å². The van der Waals surface area contributed by atoms with Crippen molar-refractivity contribution in [2.24, 2.45) is 0 Å². The molecule has 0 saturated carbocycles. The van der Waals surface area contributed by atoms with Crippen molar-refractivity contribution in [2.45, 2.75) is 46.6 Å². The molecule has 0 aliphatic carbocycles. The lowest BCUT2D eigenvalue weighted by Gasteiger charge is -2.19. The number of carbonyl (C=O) groups is 1. The third-order valence-corrected chi connectivity index (χ3v) is 5.84. The summed E-state index contributed by atoms with van der Waals surface area (Å²) >= 11 is 0. The second-order valence-corrected chi connectivity index (χ2v) is 9.13. The first-order chi connectivity index (χ1) is 14.7. The normalized spacial score (nSPS) is 11.6.